The molecule has 1 aromatic rings. The Morgan fingerprint density at radius 2 is 1.25 bits per heavy atom. The van der Waals surface area contributed by atoms with Crippen LogP contribution in [0.25, 0.3) is 0 Å². The summed E-state index contributed by atoms with van der Waals surface area (Å²) < 4.78 is 49.8. The first-order valence-corrected chi connectivity index (χ1v) is 3.04. The summed E-state index contributed by atoms with van der Waals surface area (Å²) in [6.45, 7) is 0. The summed E-state index contributed by atoms with van der Waals surface area (Å²) in [7, 11) is 1.07. The molecule has 1 rings (SSSR count). The second-order valence-corrected chi connectivity index (χ2v) is 2.29. The fourth-order valence-electron chi connectivity index (χ4n) is 0.758. The third-order valence-corrected chi connectivity index (χ3v) is 1.55. The Morgan fingerprint density at radius 1 is 0.833 bits per heavy atom. The Bertz CT molecular complexity index is 234. The smallest absolute Gasteiger partial charge is 0.199 e. The van der Waals surface area contributed by atoms with E-state index in [0.29, 0.717) is 0 Å². The van der Waals surface area contributed by atoms with Crippen molar-refractivity contribution in [2.75, 3.05) is 5.73 Å². The summed E-state index contributed by atoms with van der Waals surface area (Å²) in [6.07, 6.45) is 0. The van der Waals surface area contributed by atoms with Crippen molar-refractivity contribution < 1.29 is 17.6 Å². The molecule has 0 amide bonds. The summed E-state index contributed by atoms with van der Waals surface area (Å²) in [4.78, 5) is 0. The molecule has 0 saturated heterocycles. The van der Waals surface area contributed by atoms with E-state index in [9.17, 15) is 17.6 Å². The quantitative estimate of drug-likeness (QED) is 0.196. The van der Waals surface area contributed by atoms with Crippen LogP contribution in [0.1, 0.15) is 0 Å². The molecular formula is C6H4BF4N. The number of hydrogen-bond donors (Lipinski definition) is 1. The maximum Gasteiger partial charge on any atom is 0.199 e. The molecule has 0 saturated carbocycles. The summed E-state index contributed by atoms with van der Waals surface area (Å²) in [5, 5.41) is 0. The number of benzene rings is 1. The molecule has 0 fully saturated rings. The minimum Gasteiger partial charge on any atom is -0.397 e. The van der Waals surface area contributed by atoms with Crippen LogP contribution in [0.2, 0.25) is 0 Å². The van der Waals surface area contributed by atoms with Gasteiger partial charge < -0.3 is 5.73 Å². The minimum atomic E-state index is -1.88. The highest BCUT2D eigenvalue weighted by molar-refractivity contribution is 6.35. The Labute approximate surface area is 66.6 Å². The third-order valence-electron chi connectivity index (χ3n) is 1.55. The van der Waals surface area contributed by atoms with E-state index in [0.717, 1.165) is 7.85 Å². The van der Waals surface area contributed by atoms with E-state index < -0.39 is 34.4 Å². The van der Waals surface area contributed by atoms with Gasteiger partial charge in [-0.05, 0) is 5.46 Å². The van der Waals surface area contributed by atoms with Crippen LogP contribution in [-0.4, -0.2) is 7.85 Å². The van der Waals surface area contributed by atoms with Crippen molar-refractivity contribution in [1.82, 2.24) is 0 Å². The van der Waals surface area contributed by atoms with Crippen LogP contribution >= 0.6 is 0 Å². The van der Waals surface area contributed by atoms with Gasteiger partial charge in [-0.1, -0.05) is 0 Å². The van der Waals surface area contributed by atoms with Gasteiger partial charge in [0, 0.05) is 0 Å². The van der Waals surface area contributed by atoms with E-state index in [2.05, 4.69) is 0 Å². The standard InChI is InChI=1S/C6H4BF4N/c7-1-2(8)3(9)4(10)5(11)6(1)12/h7,12H2. The van der Waals surface area contributed by atoms with Gasteiger partial charge in [0.05, 0.1) is 5.69 Å². The molecule has 0 bridgehead atoms. The lowest BCUT2D eigenvalue weighted by Crippen LogP contribution is -2.20. The highest BCUT2D eigenvalue weighted by Crippen LogP contribution is 2.17. The molecule has 6 heteroatoms. The molecule has 0 unspecified atom stereocenters. The molecule has 0 spiro atoms. The summed E-state index contributed by atoms with van der Waals surface area (Å²) in [5.74, 6) is -6.72. The number of rotatable bonds is 0. The number of nitrogen functional groups attached to an aromatic ring is 1. The van der Waals surface area contributed by atoms with Gasteiger partial charge in [-0.15, -0.1) is 0 Å². The van der Waals surface area contributed by atoms with Gasteiger partial charge in [0.2, 0.25) is 0 Å². The molecule has 0 aliphatic carbocycles. The Morgan fingerprint density at radius 3 is 1.75 bits per heavy atom. The monoisotopic (exact) mass is 177 g/mol. The second-order valence-electron chi connectivity index (χ2n) is 2.29. The van der Waals surface area contributed by atoms with Crippen molar-refractivity contribution in [3.05, 3.63) is 23.3 Å². The van der Waals surface area contributed by atoms with E-state index in [4.69, 9.17) is 5.73 Å². The van der Waals surface area contributed by atoms with Crippen LogP contribution < -0.4 is 11.2 Å². The fourth-order valence-corrected chi connectivity index (χ4v) is 0.758. The molecule has 0 heterocycles. The summed E-state index contributed by atoms with van der Waals surface area (Å²) in [6, 6.07) is 0. The second kappa shape index (κ2) is 2.69. The van der Waals surface area contributed by atoms with E-state index in [-0.39, 0.29) is 0 Å². The van der Waals surface area contributed by atoms with Crippen molar-refractivity contribution in [2.24, 2.45) is 0 Å². The zero-order valence-corrected chi connectivity index (χ0v) is 6.09. The van der Waals surface area contributed by atoms with Crippen molar-refractivity contribution in [1.29, 1.82) is 0 Å². The Kier molecular flexibility index (Phi) is 2.00. The SMILES string of the molecule is Bc1c(N)c(F)c(F)c(F)c1F. The molecule has 2 N–H and O–H groups in total. The van der Waals surface area contributed by atoms with Crippen LogP contribution in [0.5, 0.6) is 0 Å². The van der Waals surface area contributed by atoms with E-state index in [1.807, 2.05) is 0 Å². The van der Waals surface area contributed by atoms with Crippen LogP contribution in [-0.2, 0) is 0 Å². The van der Waals surface area contributed by atoms with Crippen LogP contribution in [0.4, 0.5) is 23.2 Å². The molecule has 0 atom stereocenters. The maximum absolute atomic E-state index is 12.6. The molecule has 0 radical (unpaired) electrons. The number of halogens is 4. The molecule has 64 valence electrons. The van der Waals surface area contributed by atoms with Gasteiger partial charge in [0.1, 0.15) is 7.85 Å². The highest BCUT2D eigenvalue weighted by atomic mass is 19.2. The molecule has 12 heavy (non-hydrogen) atoms. The Hall–Kier alpha value is -1.20. The summed E-state index contributed by atoms with van der Waals surface area (Å²) in [5.41, 5.74) is 3.80. The number of anilines is 1. The first-order valence-electron chi connectivity index (χ1n) is 3.04. The third kappa shape index (κ3) is 1.03. The predicted molar refractivity (Wildman–Crippen MR) is 38.9 cm³/mol. The van der Waals surface area contributed by atoms with Crippen LogP contribution in [0.3, 0.4) is 0 Å². The van der Waals surface area contributed by atoms with Gasteiger partial charge in [-0.2, -0.15) is 0 Å². The zero-order valence-electron chi connectivity index (χ0n) is 6.09. The largest absolute Gasteiger partial charge is 0.397 e. The molecule has 1 nitrogen and oxygen atoms in total. The van der Waals surface area contributed by atoms with Gasteiger partial charge in [0.25, 0.3) is 0 Å². The van der Waals surface area contributed by atoms with Crippen molar-refractivity contribution in [3.8, 4) is 0 Å². The topological polar surface area (TPSA) is 26.0 Å². The van der Waals surface area contributed by atoms with Gasteiger partial charge in [-0.25, -0.2) is 17.6 Å². The van der Waals surface area contributed by atoms with Gasteiger partial charge in [0.15, 0.2) is 23.3 Å². The van der Waals surface area contributed by atoms with Crippen molar-refractivity contribution >= 4 is 19.0 Å². The number of hydrogen-bond acceptors (Lipinski definition) is 1. The molecule has 1 aromatic carbocycles. The lowest BCUT2D eigenvalue weighted by molar-refractivity contribution is 0.414. The Balaban J connectivity index is 3.60. The van der Waals surface area contributed by atoms with Crippen molar-refractivity contribution in [3.63, 3.8) is 0 Å². The maximum atomic E-state index is 12.6. The lowest BCUT2D eigenvalue weighted by Gasteiger charge is -2.05. The normalized spacial score (nSPS) is 10.3. The van der Waals surface area contributed by atoms with E-state index in [1.165, 1.54) is 0 Å². The number of nitrogens with two attached hydrogens (primary N) is 1. The fraction of sp³-hybridized carbons (Fsp3) is 0. The predicted octanol–water partition coefficient (Wildman–Crippen LogP) is 0.0836. The van der Waals surface area contributed by atoms with E-state index >= 15 is 0 Å². The van der Waals surface area contributed by atoms with Gasteiger partial charge >= 0.3 is 0 Å². The lowest BCUT2D eigenvalue weighted by atomic mass is 9.93. The minimum absolute atomic E-state index is 0.425. The molecular weight excluding hydrogens is 173 g/mol. The van der Waals surface area contributed by atoms with Crippen LogP contribution in [0, 0.1) is 23.3 Å². The molecule has 0 aliphatic heterocycles. The zero-order chi connectivity index (χ0) is 9.46. The molecule has 0 aromatic heterocycles. The first-order chi connectivity index (χ1) is 5.46. The van der Waals surface area contributed by atoms with Gasteiger partial charge in [-0.3, -0.25) is 0 Å². The summed E-state index contributed by atoms with van der Waals surface area (Å²) >= 11 is 0. The molecule has 0 aliphatic rings. The average molecular weight is 177 g/mol. The highest BCUT2D eigenvalue weighted by Gasteiger charge is 2.20. The van der Waals surface area contributed by atoms with Crippen molar-refractivity contribution in [2.45, 2.75) is 0 Å². The van der Waals surface area contributed by atoms with Crippen LogP contribution in [0.15, 0.2) is 0 Å². The average Bonchev–Trinajstić information content (AvgIpc) is 2.08. The first kappa shape index (κ1) is 8.90. The van der Waals surface area contributed by atoms with E-state index in [1.54, 1.807) is 0 Å².